The largest absolute Gasteiger partial charge is 0.507 e. The van der Waals surface area contributed by atoms with Crippen LogP contribution in [0.1, 0.15) is 81.7 Å². The molecule has 9 heterocycles. The van der Waals surface area contributed by atoms with E-state index in [4.69, 9.17) is 15.5 Å². The second-order valence-corrected chi connectivity index (χ2v) is 20.0. The van der Waals surface area contributed by atoms with Crippen molar-refractivity contribution in [2.24, 2.45) is 5.92 Å². The smallest absolute Gasteiger partial charge is 0.328 e. The number of phenols is 1. The molecule has 5 aromatic rings. The minimum absolute atomic E-state index is 0.131. The predicted molar refractivity (Wildman–Crippen MR) is 252 cm³/mol. The maximum absolute atomic E-state index is 15.7. The van der Waals surface area contributed by atoms with Gasteiger partial charge in [0.15, 0.2) is 5.82 Å². The second-order valence-electron chi connectivity index (χ2n) is 20.0. The third-order valence-electron chi connectivity index (χ3n) is 15.9. The zero-order valence-corrected chi connectivity index (χ0v) is 37.3. The Morgan fingerprint density at radius 1 is 0.848 bits per heavy atom. The molecule has 1 saturated carbocycles. The number of carbonyl (C=O) groups excluding carboxylic acids is 2. The van der Waals surface area contributed by atoms with Crippen molar-refractivity contribution in [3.05, 3.63) is 78.4 Å². The molecule has 3 atom stereocenters. The van der Waals surface area contributed by atoms with Gasteiger partial charge < -0.3 is 39.7 Å². The number of fused-ring (bicyclic) bond motifs is 3. The Hall–Kier alpha value is -6.00. The molecular formula is C50H58FN11O4. The fourth-order valence-electron chi connectivity index (χ4n) is 12.2. The normalized spacial score (nSPS) is 24.8. The summed E-state index contributed by atoms with van der Waals surface area (Å²) in [5, 5.41) is 22.6. The fraction of sp³-hybridized carbons (Fsp3) is 0.500. The number of nitrogens with zero attached hydrogens (tertiary/aromatic N) is 9. The lowest BCUT2D eigenvalue weighted by Gasteiger charge is -2.44. The highest BCUT2D eigenvalue weighted by atomic mass is 19.1. The molecule has 3 amide bonds. The standard InChI is InChI=1S/C50H58FN11O4/c51-41-10-9-33(62-34-7-8-35(62)28-59(27-34)44-23-42(55-56-47(44)52)38-3-1-2-4-45(38)63)22-43(41)58-16-11-31(12-17-58)26-57-19-14-50(15-20-57)24-37(30-66-50)61-29-40(32-5-6-32)39-21-36(25-53-48(39)61)60-18-13-46(64)54-49(60)65/h1-4,9-10,21-23,25,29,31-32,34-35,37,63H,5-8,11-20,24,26-28,30H2,(H2,52,56)(H,54,64,65)/t34?,35?,37-/m1/s1. The number of anilines is 5. The van der Waals surface area contributed by atoms with Crippen LogP contribution in [0, 0.1) is 11.7 Å². The Balaban J connectivity index is 0.653. The Bertz CT molecular complexity index is 2680. The summed E-state index contributed by atoms with van der Waals surface area (Å²) in [5.41, 5.74) is 13.1. The number of halogens is 1. The number of para-hydroxylation sites is 1. The van der Waals surface area contributed by atoms with Crippen molar-refractivity contribution in [3.8, 4) is 17.0 Å². The molecular weight excluding hydrogens is 838 g/mol. The van der Waals surface area contributed by atoms with Crippen molar-refractivity contribution in [1.82, 2.24) is 30.0 Å². The lowest BCUT2D eigenvalue weighted by molar-refractivity contribution is -0.120. The number of piperazine rings is 1. The molecule has 2 unspecified atom stereocenters. The van der Waals surface area contributed by atoms with E-state index in [-0.39, 0.29) is 53.7 Å². The summed E-state index contributed by atoms with van der Waals surface area (Å²) < 4.78 is 24.8. The van der Waals surface area contributed by atoms with E-state index in [1.165, 1.54) is 18.4 Å². The molecule has 344 valence electrons. The number of likely N-dealkylation sites (tertiary alicyclic amines) is 1. The second kappa shape index (κ2) is 16.4. The summed E-state index contributed by atoms with van der Waals surface area (Å²) in [5.74, 6) is 1.23. The highest BCUT2D eigenvalue weighted by Crippen LogP contribution is 2.48. The molecule has 1 spiro atoms. The van der Waals surface area contributed by atoms with Crippen LogP contribution in [0.25, 0.3) is 22.3 Å². The van der Waals surface area contributed by atoms with Gasteiger partial charge in [-0.05, 0) is 118 Å². The van der Waals surface area contributed by atoms with Crippen molar-refractivity contribution in [2.45, 2.75) is 93.9 Å². The molecule has 3 aromatic heterocycles. The van der Waals surface area contributed by atoms with Gasteiger partial charge in [-0.2, -0.15) is 0 Å². The number of nitrogens with one attached hydrogen (secondary N) is 1. The number of ether oxygens (including phenoxy) is 1. The van der Waals surface area contributed by atoms with Crippen molar-refractivity contribution >= 4 is 51.5 Å². The maximum Gasteiger partial charge on any atom is 0.328 e. The van der Waals surface area contributed by atoms with Crippen LogP contribution in [-0.4, -0.2) is 118 Å². The van der Waals surface area contributed by atoms with Gasteiger partial charge in [-0.3, -0.25) is 15.0 Å². The number of rotatable bonds is 9. The summed E-state index contributed by atoms with van der Waals surface area (Å²) in [6, 6.07) is 17.2. The van der Waals surface area contributed by atoms with Gasteiger partial charge in [-0.15, -0.1) is 10.2 Å². The summed E-state index contributed by atoms with van der Waals surface area (Å²) in [4.78, 5) is 40.7. The van der Waals surface area contributed by atoms with Crippen LogP contribution in [0.2, 0.25) is 0 Å². The molecule has 4 N–H and O–H groups in total. The lowest BCUT2D eigenvalue weighted by Crippen LogP contribution is -2.54. The van der Waals surface area contributed by atoms with Gasteiger partial charge in [0.05, 0.1) is 47.2 Å². The molecule has 1 aliphatic carbocycles. The van der Waals surface area contributed by atoms with Gasteiger partial charge in [0.25, 0.3) is 0 Å². The van der Waals surface area contributed by atoms with Crippen LogP contribution in [0.15, 0.2) is 67.0 Å². The first-order valence-corrected chi connectivity index (χ1v) is 24.1. The molecule has 7 aliphatic rings. The Labute approximate surface area is 383 Å². The monoisotopic (exact) mass is 895 g/mol. The van der Waals surface area contributed by atoms with E-state index in [1.807, 2.05) is 24.3 Å². The van der Waals surface area contributed by atoms with Gasteiger partial charge in [-0.1, -0.05) is 12.1 Å². The third kappa shape index (κ3) is 7.55. The number of phenolic OH excluding ortho intramolecular Hbond substituents is 1. The van der Waals surface area contributed by atoms with E-state index in [0.717, 1.165) is 119 Å². The quantitative estimate of drug-likeness (QED) is 0.142. The molecule has 2 bridgehead atoms. The van der Waals surface area contributed by atoms with Crippen molar-refractivity contribution in [1.29, 1.82) is 0 Å². The molecule has 15 nitrogen and oxygen atoms in total. The van der Waals surface area contributed by atoms with Crippen LogP contribution in [0.5, 0.6) is 5.75 Å². The SMILES string of the molecule is Nc1nnc(-c2ccccc2O)cc1N1CC2CCC(C1)N2c1ccc(F)c(N2CCC(CN3CCC4(CC3)C[C@@H](n3cc(C5CC5)c5cc(N6CCC(=O)NC6=O)cnc53)CO4)CC2)c1. The molecule has 7 fully saturated rings. The number of urea groups is 1. The van der Waals surface area contributed by atoms with Gasteiger partial charge in [0.1, 0.15) is 17.2 Å². The van der Waals surface area contributed by atoms with Crippen molar-refractivity contribution in [2.75, 3.05) is 84.3 Å². The number of carbonyl (C=O) groups is 2. The summed E-state index contributed by atoms with van der Waals surface area (Å²) in [7, 11) is 0. The van der Waals surface area contributed by atoms with E-state index in [9.17, 15) is 14.7 Å². The van der Waals surface area contributed by atoms with Crippen LogP contribution in [0.4, 0.5) is 37.8 Å². The average molecular weight is 896 g/mol. The number of nitrogens with two attached hydrogens (primary N) is 1. The summed E-state index contributed by atoms with van der Waals surface area (Å²) >= 11 is 0. The van der Waals surface area contributed by atoms with E-state index < -0.39 is 0 Å². The van der Waals surface area contributed by atoms with Crippen molar-refractivity contribution < 1.29 is 23.8 Å². The van der Waals surface area contributed by atoms with Crippen LogP contribution < -0.4 is 30.7 Å². The highest BCUT2D eigenvalue weighted by Gasteiger charge is 2.45. The minimum atomic E-state index is -0.385. The summed E-state index contributed by atoms with van der Waals surface area (Å²) in [6.45, 7) is 7.36. The fourth-order valence-corrected chi connectivity index (χ4v) is 12.2. The number of aromatic hydroxyl groups is 1. The number of hydrogen-bond donors (Lipinski definition) is 3. The summed E-state index contributed by atoms with van der Waals surface area (Å²) in [6.07, 6.45) is 13.9. The van der Waals surface area contributed by atoms with E-state index >= 15 is 4.39 Å². The molecule has 6 aliphatic heterocycles. The van der Waals surface area contributed by atoms with E-state index in [2.05, 4.69) is 58.0 Å². The zero-order chi connectivity index (χ0) is 44.7. The molecule has 12 rings (SSSR count). The van der Waals surface area contributed by atoms with E-state index in [0.29, 0.717) is 47.8 Å². The van der Waals surface area contributed by atoms with Crippen LogP contribution in [0.3, 0.4) is 0 Å². The molecule has 2 aromatic carbocycles. The number of pyridine rings is 1. The van der Waals surface area contributed by atoms with Gasteiger partial charge in [-0.25, -0.2) is 14.2 Å². The Morgan fingerprint density at radius 3 is 2.39 bits per heavy atom. The Morgan fingerprint density at radius 2 is 1.64 bits per heavy atom. The number of imide groups is 1. The minimum Gasteiger partial charge on any atom is -0.507 e. The number of hydrogen-bond acceptors (Lipinski definition) is 12. The molecule has 0 radical (unpaired) electrons. The average Bonchev–Trinajstić information content (AvgIpc) is 3.90. The number of amides is 3. The topological polar surface area (TPSA) is 161 Å². The number of benzene rings is 2. The molecule has 6 saturated heterocycles. The highest BCUT2D eigenvalue weighted by molar-refractivity contribution is 6.06. The lowest BCUT2D eigenvalue weighted by atomic mass is 9.86. The van der Waals surface area contributed by atoms with E-state index in [1.54, 1.807) is 29.3 Å². The van der Waals surface area contributed by atoms with Gasteiger partial charge in [0.2, 0.25) is 5.91 Å². The Kier molecular flexibility index (Phi) is 10.3. The van der Waals surface area contributed by atoms with Gasteiger partial charge in [0, 0.05) is 93.7 Å². The zero-order valence-electron chi connectivity index (χ0n) is 37.3. The molecule has 16 heteroatoms. The van der Waals surface area contributed by atoms with Crippen molar-refractivity contribution in [3.63, 3.8) is 0 Å². The van der Waals surface area contributed by atoms with Crippen LogP contribution in [-0.2, 0) is 9.53 Å². The maximum atomic E-state index is 15.7. The first kappa shape index (κ1) is 41.4. The number of nitrogen functional groups attached to an aromatic ring is 1. The predicted octanol–water partition coefficient (Wildman–Crippen LogP) is 6.81. The number of aromatic nitrogens is 4. The first-order chi connectivity index (χ1) is 32.1. The van der Waals surface area contributed by atoms with Gasteiger partial charge >= 0.3 is 6.03 Å². The van der Waals surface area contributed by atoms with Crippen LogP contribution >= 0.6 is 0 Å². The first-order valence-electron chi connectivity index (χ1n) is 24.1. The third-order valence-corrected chi connectivity index (χ3v) is 15.9. The molecule has 66 heavy (non-hydrogen) atoms. The number of piperidine rings is 2.